The van der Waals surface area contributed by atoms with Gasteiger partial charge in [0, 0.05) is 6.42 Å². The van der Waals surface area contributed by atoms with E-state index in [0.29, 0.717) is 0 Å². The molecule has 0 amide bonds. The van der Waals surface area contributed by atoms with Crippen LogP contribution in [0.3, 0.4) is 0 Å². The molecule has 3 nitrogen and oxygen atoms in total. The fourth-order valence-electron chi connectivity index (χ4n) is 4.70. The van der Waals surface area contributed by atoms with Gasteiger partial charge in [0.25, 0.3) is 5.19 Å². The van der Waals surface area contributed by atoms with Crippen LogP contribution in [-0.2, 0) is 12.8 Å². The third-order valence-electron chi connectivity index (χ3n) is 7.03. The lowest BCUT2D eigenvalue weighted by atomic mass is 9.91. The number of hydrogen-bond acceptors (Lipinski definition) is 5. The van der Waals surface area contributed by atoms with Crippen LogP contribution in [0.2, 0.25) is 0 Å². The number of fused-ring (bicyclic) bond motifs is 2. The highest BCUT2D eigenvalue weighted by atomic mass is 32.1. The van der Waals surface area contributed by atoms with Crippen molar-refractivity contribution < 1.29 is 4.74 Å². The van der Waals surface area contributed by atoms with Gasteiger partial charge in [0.1, 0.15) is 5.75 Å². The molecule has 0 saturated heterocycles. The van der Waals surface area contributed by atoms with Crippen LogP contribution in [0.4, 0.5) is 0 Å². The zero-order chi connectivity index (χ0) is 23.8. The Labute approximate surface area is 209 Å². The van der Waals surface area contributed by atoms with Gasteiger partial charge in [0.2, 0.25) is 0 Å². The maximum Gasteiger partial charge on any atom is 0.279 e. The fourth-order valence-corrected chi connectivity index (χ4v) is 6.29. The third-order valence-corrected chi connectivity index (χ3v) is 8.73. The molecule has 34 heavy (non-hydrogen) atoms. The largest absolute Gasteiger partial charge is 0.430 e. The Morgan fingerprint density at radius 2 is 1.53 bits per heavy atom. The van der Waals surface area contributed by atoms with Crippen LogP contribution in [0.15, 0.2) is 41.9 Å². The molecule has 0 aliphatic rings. The molecule has 0 fully saturated rings. The first-order chi connectivity index (χ1) is 16.5. The summed E-state index contributed by atoms with van der Waals surface area (Å²) in [5, 5.41) is 0.720. The van der Waals surface area contributed by atoms with Gasteiger partial charge < -0.3 is 4.74 Å². The smallest absolute Gasteiger partial charge is 0.279 e. The van der Waals surface area contributed by atoms with Crippen molar-refractivity contribution in [3.05, 3.63) is 80.9 Å². The van der Waals surface area contributed by atoms with Crippen molar-refractivity contribution in [2.24, 2.45) is 0 Å². The minimum atomic E-state index is 0.720. The minimum absolute atomic E-state index is 0.720. The van der Waals surface area contributed by atoms with E-state index in [-0.39, 0.29) is 0 Å². The lowest BCUT2D eigenvalue weighted by Crippen LogP contribution is -2.03. The highest BCUT2D eigenvalue weighted by molar-refractivity contribution is 7.20. The Morgan fingerprint density at radius 1 is 0.824 bits per heavy atom. The Balaban J connectivity index is 1.54. The zero-order valence-corrected chi connectivity index (χ0v) is 22.1. The van der Waals surface area contributed by atoms with Gasteiger partial charge >= 0.3 is 0 Å². The predicted octanol–water partition coefficient (Wildman–Crippen LogP) is 8.87. The van der Waals surface area contributed by atoms with E-state index in [0.717, 1.165) is 45.9 Å². The van der Waals surface area contributed by atoms with Crippen molar-refractivity contribution >= 4 is 43.1 Å². The normalized spacial score (nSPS) is 11.6. The molecular formula is C29H30N2OS2. The number of ether oxygens (including phenoxy) is 1. The van der Waals surface area contributed by atoms with Crippen molar-refractivity contribution in [3.63, 3.8) is 0 Å². The van der Waals surface area contributed by atoms with E-state index in [1.54, 1.807) is 22.7 Å². The second-order valence-corrected chi connectivity index (χ2v) is 10.9. The topological polar surface area (TPSA) is 35.0 Å². The number of nitrogens with zero attached hydrogens (tertiary/aromatic N) is 2. The van der Waals surface area contributed by atoms with Gasteiger partial charge in [-0.25, -0.2) is 9.97 Å². The molecule has 0 bridgehead atoms. The molecule has 5 rings (SSSR count). The van der Waals surface area contributed by atoms with Crippen LogP contribution in [0.1, 0.15) is 58.7 Å². The molecule has 0 spiro atoms. The lowest BCUT2D eigenvalue weighted by Gasteiger charge is -2.20. The molecule has 2 heterocycles. The average molecular weight is 487 g/mol. The van der Waals surface area contributed by atoms with Crippen LogP contribution < -0.4 is 4.74 Å². The maximum absolute atomic E-state index is 6.60. The standard InChI is InChI=1S/C29H30N2OS2/c1-6-7-12-23-19(4)17(2)18(3)20(5)28(23)32-29-31-27-22(11-9-14-25(27)34-29)15-21-10-8-13-24-26(21)30-16-33-24/h8-11,13-14,16H,6-7,12,15H2,1-5H3. The van der Waals surface area contributed by atoms with Crippen LogP contribution in [0, 0.1) is 27.7 Å². The summed E-state index contributed by atoms with van der Waals surface area (Å²) in [5.74, 6) is 1.00. The number of para-hydroxylation sites is 2. The van der Waals surface area contributed by atoms with Gasteiger partial charge in [-0.1, -0.05) is 48.9 Å². The molecule has 0 radical (unpaired) electrons. The molecule has 2 aromatic heterocycles. The van der Waals surface area contributed by atoms with Crippen LogP contribution >= 0.6 is 22.7 Å². The summed E-state index contributed by atoms with van der Waals surface area (Å²) < 4.78 is 8.99. The molecule has 5 heteroatoms. The van der Waals surface area contributed by atoms with E-state index in [9.17, 15) is 0 Å². The van der Waals surface area contributed by atoms with E-state index < -0.39 is 0 Å². The average Bonchev–Trinajstić information content (AvgIpc) is 3.49. The summed E-state index contributed by atoms with van der Waals surface area (Å²) >= 11 is 3.32. The van der Waals surface area contributed by atoms with E-state index in [1.807, 2.05) is 5.51 Å². The lowest BCUT2D eigenvalue weighted by molar-refractivity contribution is 0.467. The second-order valence-electron chi connectivity index (χ2n) is 9.05. The molecule has 0 N–H and O–H groups in total. The van der Waals surface area contributed by atoms with Crippen molar-refractivity contribution in [1.29, 1.82) is 0 Å². The van der Waals surface area contributed by atoms with Gasteiger partial charge in [-0.15, -0.1) is 11.3 Å². The molecule has 0 unspecified atom stereocenters. The number of aromatic nitrogens is 2. The van der Waals surface area contributed by atoms with E-state index in [2.05, 4.69) is 76.0 Å². The van der Waals surface area contributed by atoms with Crippen molar-refractivity contribution in [2.75, 3.05) is 0 Å². The molecule has 3 aromatic carbocycles. The molecule has 0 aliphatic carbocycles. The zero-order valence-electron chi connectivity index (χ0n) is 20.5. The maximum atomic E-state index is 6.60. The first-order valence-corrected chi connectivity index (χ1v) is 13.6. The van der Waals surface area contributed by atoms with Gasteiger partial charge in [-0.05, 0) is 91.6 Å². The monoisotopic (exact) mass is 486 g/mol. The number of thiazole rings is 2. The quantitative estimate of drug-likeness (QED) is 0.230. The molecule has 0 saturated carbocycles. The van der Waals surface area contributed by atoms with Crippen molar-refractivity contribution in [1.82, 2.24) is 9.97 Å². The SMILES string of the molecule is CCCCc1c(C)c(C)c(C)c(C)c1Oc1nc2c(Cc3cccc4scnc34)cccc2s1. The van der Waals surface area contributed by atoms with Gasteiger partial charge in [-0.3, -0.25) is 0 Å². The first-order valence-electron chi connectivity index (χ1n) is 11.9. The summed E-state index contributed by atoms with van der Waals surface area (Å²) in [6.07, 6.45) is 4.17. The van der Waals surface area contributed by atoms with Crippen LogP contribution in [0.5, 0.6) is 10.9 Å². The summed E-state index contributed by atoms with van der Waals surface area (Å²) in [7, 11) is 0. The molecular weight excluding hydrogens is 456 g/mol. The summed E-state index contributed by atoms with van der Waals surface area (Å²) in [5.41, 5.74) is 13.1. The highest BCUT2D eigenvalue weighted by Crippen LogP contribution is 2.40. The molecule has 174 valence electrons. The Hall–Kier alpha value is -2.76. The summed E-state index contributed by atoms with van der Waals surface area (Å²) in [4.78, 5) is 9.59. The number of hydrogen-bond donors (Lipinski definition) is 0. The minimum Gasteiger partial charge on any atom is -0.430 e. The van der Waals surface area contributed by atoms with E-state index in [4.69, 9.17) is 9.72 Å². The Morgan fingerprint density at radius 3 is 2.29 bits per heavy atom. The van der Waals surface area contributed by atoms with Crippen molar-refractivity contribution in [2.45, 2.75) is 60.3 Å². The first kappa shape index (κ1) is 23.0. The third kappa shape index (κ3) is 4.12. The highest BCUT2D eigenvalue weighted by Gasteiger charge is 2.19. The number of rotatable bonds is 7. The molecule has 0 atom stereocenters. The number of unbranched alkanes of at least 4 members (excludes halogenated alkanes) is 1. The Kier molecular flexibility index (Phi) is 6.41. The van der Waals surface area contributed by atoms with Crippen LogP contribution in [-0.4, -0.2) is 9.97 Å². The van der Waals surface area contributed by atoms with Gasteiger partial charge in [0.15, 0.2) is 0 Å². The predicted molar refractivity (Wildman–Crippen MR) is 146 cm³/mol. The fraction of sp³-hybridized carbons (Fsp3) is 0.310. The van der Waals surface area contributed by atoms with Gasteiger partial charge in [-0.2, -0.15) is 0 Å². The summed E-state index contributed by atoms with van der Waals surface area (Å²) in [6.45, 7) is 11.1. The number of benzene rings is 3. The Bertz CT molecular complexity index is 1500. The van der Waals surface area contributed by atoms with E-state index in [1.165, 1.54) is 50.1 Å². The van der Waals surface area contributed by atoms with Crippen LogP contribution in [0.25, 0.3) is 20.4 Å². The molecule has 5 aromatic rings. The molecule has 0 aliphatic heterocycles. The van der Waals surface area contributed by atoms with Gasteiger partial charge in [0.05, 0.1) is 25.9 Å². The second kappa shape index (κ2) is 9.47. The van der Waals surface area contributed by atoms with Crippen molar-refractivity contribution in [3.8, 4) is 10.9 Å². The van der Waals surface area contributed by atoms with E-state index >= 15 is 0 Å². The summed E-state index contributed by atoms with van der Waals surface area (Å²) in [6, 6.07) is 12.9.